The fourth-order valence-electron chi connectivity index (χ4n) is 4.25. The molecule has 1 aliphatic heterocycles. The van der Waals surface area contributed by atoms with Gasteiger partial charge < -0.3 is 24.1 Å². The van der Waals surface area contributed by atoms with E-state index in [1.807, 2.05) is 19.1 Å². The summed E-state index contributed by atoms with van der Waals surface area (Å²) in [6, 6.07) is 4.92. The first-order chi connectivity index (χ1) is 15.3. The number of hydrogen-bond acceptors (Lipinski definition) is 4. The van der Waals surface area contributed by atoms with Gasteiger partial charge in [0.2, 0.25) is 0 Å². The Balaban J connectivity index is 1.67. The zero-order chi connectivity index (χ0) is 22.6. The van der Waals surface area contributed by atoms with Gasteiger partial charge in [0.15, 0.2) is 5.82 Å². The number of imidazole rings is 2. The quantitative estimate of drug-likeness (QED) is 0.506. The highest BCUT2D eigenvalue weighted by molar-refractivity contribution is 5.84. The number of rotatable bonds is 3. The summed E-state index contributed by atoms with van der Waals surface area (Å²) in [5.74, 6) is -1.06. The van der Waals surface area contributed by atoms with Crippen LogP contribution in [-0.2, 0) is 11.2 Å². The number of benzene rings is 1. The first-order valence-electron chi connectivity index (χ1n) is 10.2. The average molecular weight is 441 g/mol. The number of pyridine rings is 1. The van der Waals surface area contributed by atoms with Crippen molar-refractivity contribution in [2.45, 2.75) is 26.4 Å². The number of H-pyrrole nitrogens is 1. The minimum Gasteiger partial charge on any atom is -0.465 e. The van der Waals surface area contributed by atoms with Crippen molar-refractivity contribution >= 4 is 22.8 Å². The second-order valence-corrected chi connectivity index (χ2v) is 8.03. The SMILES string of the molecule is Cc1ccn2c(C[C@H]3CN(C(=O)O)CCO3)c(-c3c(F)cc4[nH]c(C)nc4c3F)nc2c1. The summed E-state index contributed by atoms with van der Waals surface area (Å²) in [5.41, 5.74) is 2.25. The van der Waals surface area contributed by atoms with E-state index in [9.17, 15) is 9.90 Å². The Labute approximate surface area is 181 Å². The molecule has 1 aliphatic rings. The van der Waals surface area contributed by atoms with Gasteiger partial charge in [-0.2, -0.15) is 0 Å². The number of amides is 1. The maximum atomic E-state index is 15.5. The van der Waals surface area contributed by atoms with Gasteiger partial charge in [0.25, 0.3) is 0 Å². The van der Waals surface area contributed by atoms with Crippen LogP contribution < -0.4 is 0 Å². The normalized spacial score (nSPS) is 16.9. The summed E-state index contributed by atoms with van der Waals surface area (Å²) in [6.45, 7) is 4.27. The van der Waals surface area contributed by atoms with Gasteiger partial charge in [-0.3, -0.25) is 0 Å². The fraction of sp³-hybridized carbons (Fsp3) is 0.318. The minimum atomic E-state index is -1.02. The van der Waals surface area contributed by atoms with E-state index in [0.717, 1.165) is 5.56 Å². The lowest BCUT2D eigenvalue weighted by molar-refractivity contribution is -0.0214. The number of carbonyl (C=O) groups is 1. The Kier molecular flexibility index (Phi) is 4.81. The lowest BCUT2D eigenvalue weighted by Crippen LogP contribution is -2.45. The predicted molar refractivity (Wildman–Crippen MR) is 113 cm³/mol. The molecule has 32 heavy (non-hydrogen) atoms. The number of hydrogen-bond donors (Lipinski definition) is 2. The number of nitrogens with one attached hydrogen (secondary N) is 1. The van der Waals surface area contributed by atoms with Gasteiger partial charge >= 0.3 is 6.09 Å². The summed E-state index contributed by atoms with van der Waals surface area (Å²) < 4.78 is 38.2. The van der Waals surface area contributed by atoms with Crippen LogP contribution in [0.1, 0.15) is 17.1 Å². The highest BCUT2D eigenvalue weighted by Gasteiger charge is 2.29. The van der Waals surface area contributed by atoms with Crippen LogP contribution in [0.2, 0.25) is 0 Å². The van der Waals surface area contributed by atoms with Gasteiger partial charge in [-0.05, 0) is 31.5 Å². The van der Waals surface area contributed by atoms with Crippen molar-refractivity contribution in [1.82, 2.24) is 24.3 Å². The molecule has 0 unspecified atom stereocenters. The Hall–Kier alpha value is -3.53. The number of aryl methyl sites for hydroxylation is 2. The minimum absolute atomic E-state index is 0.0454. The first kappa shape index (κ1) is 20.4. The van der Waals surface area contributed by atoms with Crippen molar-refractivity contribution in [3.05, 3.63) is 53.1 Å². The second-order valence-electron chi connectivity index (χ2n) is 8.03. The maximum absolute atomic E-state index is 15.5. The summed E-state index contributed by atoms with van der Waals surface area (Å²) in [6.07, 6.45) is 0.535. The van der Waals surface area contributed by atoms with E-state index in [-0.39, 0.29) is 48.4 Å². The topological polar surface area (TPSA) is 95.8 Å². The van der Waals surface area contributed by atoms with E-state index in [2.05, 4.69) is 15.0 Å². The van der Waals surface area contributed by atoms with Crippen LogP contribution in [0.5, 0.6) is 0 Å². The molecule has 5 rings (SSSR count). The van der Waals surface area contributed by atoms with E-state index >= 15 is 8.78 Å². The van der Waals surface area contributed by atoms with Crippen LogP contribution in [0, 0.1) is 25.5 Å². The van der Waals surface area contributed by atoms with Crippen molar-refractivity contribution in [3.8, 4) is 11.3 Å². The fourth-order valence-corrected chi connectivity index (χ4v) is 4.25. The van der Waals surface area contributed by atoms with E-state index in [1.54, 1.807) is 17.5 Å². The third-order valence-corrected chi connectivity index (χ3v) is 5.74. The zero-order valence-corrected chi connectivity index (χ0v) is 17.5. The molecule has 0 radical (unpaired) electrons. The molecular weight excluding hydrogens is 420 g/mol. The monoisotopic (exact) mass is 441 g/mol. The number of carboxylic acid groups (broad SMARTS) is 1. The number of aromatic amines is 1. The number of ether oxygens (including phenoxy) is 1. The third kappa shape index (κ3) is 3.36. The molecule has 1 fully saturated rings. The number of nitrogens with zero attached hydrogens (tertiary/aromatic N) is 4. The highest BCUT2D eigenvalue weighted by Crippen LogP contribution is 2.34. The smallest absolute Gasteiger partial charge is 0.407 e. The first-order valence-corrected chi connectivity index (χ1v) is 10.2. The zero-order valence-electron chi connectivity index (χ0n) is 17.5. The van der Waals surface area contributed by atoms with Crippen molar-refractivity contribution in [3.63, 3.8) is 0 Å². The van der Waals surface area contributed by atoms with Crippen LogP contribution in [0.4, 0.5) is 13.6 Å². The van der Waals surface area contributed by atoms with Gasteiger partial charge in [-0.15, -0.1) is 0 Å². The predicted octanol–water partition coefficient (Wildman–Crippen LogP) is 3.69. The largest absolute Gasteiger partial charge is 0.465 e. The summed E-state index contributed by atoms with van der Waals surface area (Å²) >= 11 is 0. The van der Waals surface area contributed by atoms with Crippen LogP contribution >= 0.6 is 0 Å². The van der Waals surface area contributed by atoms with Crippen molar-refractivity contribution in [2.75, 3.05) is 19.7 Å². The van der Waals surface area contributed by atoms with Crippen LogP contribution in [0.25, 0.3) is 27.9 Å². The molecular formula is C22H21F2N5O3. The molecule has 0 bridgehead atoms. The molecule has 0 spiro atoms. The molecule has 0 saturated carbocycles. The molecule has 1 aromatic carbocycles. The van der Waals surface area contributed by atoms with E-state index < -0.39 is 23.8 Å². The van der Waals surface area contributed by atoms with Gasteiger partial charge in [0.1, 0.15) is 22.8 Å². The molecule has 10 heteroatoms. The molecule has 8 nitrogen and oxygen atoms in total. The summed E-state index contributed by atoms with van der Waals surface area (Å²) in [7, 11) is 0. The molecule has 2 N–H and O–H groups in total. The molecule has 4 heterocycles. The molecule has 4 aromatic rings. The molecule has 1 amide bonds. The standard InChI is InChI=1S/C22H21F2N5O3/c1-11-3-4-29-16(8-13-10-28(22(30)31)5-6-32-13)21(27-17(29)7-11)18-14(23)9-15-20(19(18)24)26-12(2)25-15/h3-4,7,9,13H,5-6,8,10H2,1-2H3,(H,25,26)(H,30,31)/t13-/m0/s1. The number of fused-ring (bicyclic) bond motifs is 2. The summed E-state index contributed by atoms with van der Waals surface area (Å²) in [5, 5.41) is 9.34. The highest BCUT2D eigenvalue weighted by atomic mass is 19.1. The lowest BCUT2D eigenvalue weighted by atomic mass is 10.0. The van der Waals surface area contributed by atoms with Crippen LogP contribution in [-0.4, -0.2) is 61.3 Å². The number of morpholine rings is 1. The van der Waals surface area contributed by atoms with E-state index in [1.165, 1.54) is 11.0 Å². The Morgan fingerprint density at radius 1 is 1.31 bits per heavy atom. The molecule has 1 saturated heterocycles. The second kappa shape index (κ2) is 7.56. The van der Waals surface area contributed by atoms with E-state index in [0.29, 0.717) is 17.2 Å². The number of aromatic nitrogens is 4. The average Bonchev–Trinajstić information content (AvgIpc) is 3.28. The Bertz CT molecular complexity index is 1360. The van der Waals surface area contributed by atoms with Gasteiger partial charge in [-0.25, -0.2) is 23.5 Å². The van der Waals surface area contributed by atoms with E-state index in [4.69, 9.17) is 4.74 Å². The van der Waals surface area contributed by atoms with Gasteiger partial charge in [0.05, 0.1) is 41.7 Å². The van der Waals surface area contributed by atoms with Crippen LogP contribution in [0.15, 0.2) is 24.4 Å². The van der Waals surface area contributed by atoms with Gasteiger partial charge in [0, 0.05) is 25.2 Å². The summed E-state index contributed by atoms with van der Waals surface area (Å²) in [4.78, 5) is 24.2. The van der Waals surface area contributed by atoms with Crippen molar-refractivity contribution in [2.24, 2.45) is 0 Å². The van der Waals surface area contributed by atoms with Crippen molar-refractivity contribution in [1.29, 1.82) is 0 Å². The maximum Gasteiger partial charge on any atom is 0.407 e. The van der Waals surface area contributed by atoms with Crippen LogP contribution in [0.3, 0.4) is 0 Å². The Morgan fingerprint density at radius 3 is 2.91 bits per heavy atom. The lowest BCUT2D eigenvalue weighted by Gasteiger charge is -2.31. The van der Waals surface area contributed by atoms with Crippen molar-refractivity contribution < 1.29 is 23.4 Å². The molecule has 3 aromatic heterocycles. The molecule has 166 valence electrons. The number of halogens is 2. The molecule has 1 atom stereocenters. The van der Waals surface area contributed by atoms with Gasteiger partial charge in [-0.1, -0.05) is 0 Å². The third-order valence-electron chi connectivity index (χ3n) is 5.74. The Morgan fingerprint density at radius 2 is 2.12 bits per heavy atom. The molecule has 0 aliphatic carbocycles.